The molecule has 0 heterocycles. The van der Waals surface area contributed by atoms with E-state index in [0.29, 0.717) is 5.75 Å². The maximum Gasteiger partial charge on any atom is 0.115 e. The third kappa shape index (κ3) is 5.03. The number of aromatic hydroxyl groups is 1. The highest BCUT2D eigenvalue weighted by atomic mass is 16.3. The first-order chi connectivity index (χ1) is 10.3. The van der Waals surface area contributed by atoms with Crippen molar-refractivity contribution in [1.29, 1.82) is 0 Å². The van der Waals surface area contributed by atoms with Gasteiger partial charge in [0.05, 0.1) is 0 Å². The van der Waals surface area contributed by atoms with Crippen LogP contribution in [0.1, 0.15) is 69.9 Å². The predicted molar refractivity (Wildman–Crippen MR) is 92.1 cm³/mol. The molecule has 0 aliphatic heterocycles. The molecule has 1 fully saturated rings. The fourth-order valence-corrected chi connectivity index (χ4v) is 3.46. The Bertz CT molecular complexity index is 401. The second kappa shape index (κ2) is 9.83. The molecule has 2 N–H and O–H groups in total. The fraction of sp³-hybridized carbons (Fsp3) is 0.684. The molecular formula is C19H33NO. The lowest BCUT2D eigenvalue weighted by atomic mass is 9.68. The van der Waals surface area contributed by atoms with Crippen LogP contribution in [0.15, 0.2) is 18.2 Å². The molecule has 2 aliphatic rings. The van der Waals surface area contributed by atoms with Crippen molar-refractivity contribution < 1.29 is 5.11 Å². The molecule has 2 unspecified atom stereocenters. The second-order valence-electron chi connectivity index (χ2n) is 5.78. The molecule has 120 valence electrons. The predicted octanol–water partition coefficient (Wildman–Crippen LogP) is 4.86. The zero-order valence-corrected chi connectivity index (χ0v) is 14.3. The summed E-state index contributed by atoms with van der Waals surface area (Å²) in [5.74, 6) is 2.09. The van der Waals surface area contributed by atoms with Gasteiger partial charge >= 0.3 is 0 Å². The number of hydrogen-bond acceptors (Lipinski definition) is 2. The number of hydrogen-bond donors (Lipinski definition) is 2. The van der Waals surface area contributed by atoms with E-state index in [2.05, 4.69) is 18.3 Å². The molecule has 0 aromatic heterocycles. The first kappa shape index (κ1) is 18.0. The summed E-state index contributed by atoms with van der Waals surface area (Å²) in [6.45, 7) is 7.14. The molecule has 2 atom stereocenters. The Labute approximate surface area is 131 Å². The summed E-state index contributed by atoms with van der Waals surface area (Å²) in [6.07, 6.45) is 8.10. The fourth-order valence-electron chi connectivity index (χ4n) is 3.46. The van der Waals surface area contributed by atoms with Crippen molar-refractivity contribution in [2.75, 3.05) is 13.6 Å². The highest BCUT2D eigenvalue weighted by Gasteiger charge is 2.31. The Kier molecular flexibility index (Phi) is 8.44. The number of fused-ring (bicyclic) bond motifs is 3. The number of nitrogens with one attached hydrogen (secondary N) is 1. The van der Waals surface area contributed by atoms with Crippen molar-refractivity contribution in [3.05, 3.63) is 29.3 Å². The van der Waals surface area contributed by atoms with E-state index in [9.17, 15) is 5.11 Å². The third-order valence-electron chi connectivity index (χ3n) is 4.58. The van der Waals surface area contributed by atoms with Gasteiger partial charge in [0.2, 0.25) is 0 Å². The van der Waals surface area contributed by atoms with Crippen LogP contribution in [0, 0.1) is 5.92 Å². The van der Waals surface area contributed by atoms with Crippen molar-refractivity contribution in [1.82, 2.24) is 5.32 Å². The van der Waals surface area contributed by atoms with Crippen LogP contribution in [0.3, 0.4) is 0 Å². The SMILES string of the molecule is CC.CCNC.Oc1ccc2c(c1)C1CCCCC1CC2. The van der Waals surface area contributed by atoms with Crippen molar-refractivity contribution in [2.24, 2.45) is 5.92 Å². The van der Waals surface area contributed by atoms with Crippen molar-refractivity contribution in [3.8, 4) is 5.75 Å². The number of phenols is 1. The third-order valence-corrected chi connectivity index (χ3v) is 4.58. The molecule has 0 amide bonds. The van der Waals surface area contributed by atoms with E-state index in [1.165, 1.54) is 49.7 Å². The summed E-state index contributed by atoms with van der Waals surface area (Å²) in [6, 6.07) is 5.97. The van der Waals surface area contributed by atoms with E-state index < -0.39 is 0 Å². The first-order valence-electron chi connectivity index (χ1n) is 8.72. The van der Waals surface area contributed by atoms with Crippen LogP contribution in [0.25, 0.3) is 0 Å². The summed E-state index contributed by atoms with van der Waals surface area (Å²) in [5.41, 5.74) is 2.93. The maximum absolute atomic E-state index is 9.58. The van der Waals surface area contributed by atoms with Crippen LogP contribution >= 0.6 is 0 Å². The minimum Gasteiger partial charge on any atom is -0.508 e. The molecule has 2 aliphatic carbocycles. The van der Waals surface area contributed by atoms with Crippen LogP contribution < -0.4 is 5.32 Å². The lowest BCUT2D eigenvalue weighted by Gasteiger charge is -2.37. The Morgan fingerprint density at radius 1 is 1.14 bits per heavy atom. The normalized spacial score (nSPS) is 22.7. The van der Waals surface area contributed by atoms with Crippen LogP contribution in [0.2, 0.25) is 0 Å². The van der Waals surface area contributed by atoms with Gasteiger partial charge in [0.1, 0.15) is 5.75 Å². The van der Waals surface area contributed by atoms with Gasteiger partial charge in [-0.2, -0.15) is 0 Å². The van der Waals surface area contributed by atoms with E-state index in [-0.39, 0.29) is 0 Å². The quantitative estimate of drug-likeness (QED) is 0.774. The van der Waals surface area contributed by atoms with Gasteiger partial charge in [0.15, 0.2) is 0 Å². The minimum absolute atomic E-state index is 0.444. The van der Waals surface area contributed by atoms with Gasteiger partial charge in [0, 0.05) is 0 Å². The smallest absolute Gasteiger partial charge is 0.115 e. The number of aryl methyl sites for hydroxylation is 1. The maximum atomic E-state index is 9.58. The molecule has 0 radical (unpaired) electrons. The van der Waals surface area contributed by atoms with Crippen molar-refractivity contribution in [2.45, 2.75) is 65.2 Å². The summed E-state index contributed by atoms with van der Waals surface area (Å²) in [4.78, 5) is 0. The topological polar surface area (TPSA) is 32.3 Å². The Morgan fingerprint density at radius 2 is 1.81 bits per heavy atom. The van der Waals surface area contributed by atoms with Crippen LogP contribution in [-0.2, 0) is 6.42 Å². The highest BCUT2D eigenvalue weighted by molar-refractivity contribution is 5.39. The van der Waals surface area contributed by atoms with E-state index in [1.807, 2.05) is 33.0 Å². The number of rotatable bonds is 1. The Morgan fingerprint density at radius 3 is 2.48 bits per heavy atom. The number of phenolic OH excluding ortho intramolecular Hbond substituents is 1. The summed E-state index contributed by atoms with van der Waals surface area (Å²) in [7, 11) is 1.93. The highest BCUT2D eigenvalue weighted by Crippen LogP contribution is 2.45. The lowest BCUT2D eigenvalue weighted by molar-refractivity contribution is 0.275. The van der Waals surface area contributed by atoms with Gasteiger partial charge in [-0.15, -0.1) is 0 Å². The summed E-state index contributed by atoms with van der Waals surface area (Å²) in [5, 5.41) is 12.5. The molecule has 2 heteroatoms. The molecular weight excluding hydrogens is 258 g/mol. The average molecular weight is 291 g/mol. The Balaban J connectivity index is 0.000000322. The zero-order chi connectivity index (χ0) is 15.7. The summed E-state index contributed by atoms with van der Waals surface area (Å²) < 4.78 is 0. The van der Waals surface area contributed by atoms with E-state index in [4.69, 9.17) is 0 Å². The van der Waals surface area contributed by atoms with Crippen LogP contribution in [-0.4, -0.2) is 18.7 Å². The molecule has 1 aromatic rings. The van der Waals surface area contributed by atoms with E-state index in [0.717, 1.165) is 18.4 Å². The van der Waals surface area contributed by atoms with E-state index in [1.54, 1.807) is 0 Å². The van der Waals surface area contributed by atoms with Crippen LogP contribution in [0.5, 0.6) is 5.75 Å². The zero-order valence-electron chi connectivity index (χ0n) is 14.3. The first-order valence-corrected chi connectivity index (χ1v) is 8.72. The molecule has 2 nitrogen and oxygen atoms in total. The molecule has 21 heavy (non-hydrogen) atoms. The molecule has 1 saturated carbocycles. The largest absolute Gasteiger partial charge is 0.508 e. The second-order valence-corrected chi connectivity index (χ2v) is 5.78. The van der Waals surface area contributed by atoms with Gasteiger partial charge in [0.25, 0.3) is 0 Å². The van der Waals surface area contributed by atoms with Gasteiger partial charge in [-0.05, 0) is 74.4 Å². The molecule has 1 aromatic carbocycles. The molecule has 0 saturated heterocycles. The van der Waals surface area contributed by atoms with E-state index >= 15 is 0 Å². The molecule has 0 spiro atoms. The van der Waals surface area contributed by atoms with Gasteiger partial charge in [-0.25, -0.2) is 0 Å². The monoisotopic (exact) mass is 291 g/mol. The number of benzene rings is 1. The van der Waals surface area contributed by atoms with Gasteiger partial charge in [-0.3, -0.25) is 0 Å². The van der Waals surface area contributed by atoms with Gasteiger partial charge < -0.3 is 10.4 Å². The molecule has 0 bridgehead atoms. The van der Waals surface area contributed by atoms with Gasteiger partial charge in [-0.1, -0.05) is 39.7 Å². The lowest BCUT2D eigenvalue weighted by Crippen LogP contribution is -2.23. The van der Waals surface area contributed by atoms with Crippen molar-refractivity contribution in [3.63, 3.8) is 0 Å². The molecule has 3 rings (SSSR count). The van der Waals surface area contributed by atoms with Crippen LogP contribution in [0.4, 0.5) is 0 Å². The minimum atomic E-state index is 0.444. The average Bonchev–Trinajstić information content (AvgIpc) is 2.57. The Hall–Kier alpha value is -1.02. The summed E-state index contributed by atoms with van der Waals surface area (Å²) >= 11 is 0. The standard InChI is InChI=1S/C14H18O.C3H9N.C2H6/c15-12-8-7-11-6-5-10-3-1-2-4-13(10)14(11)9-12;1-3-4-2;1-2/h7-10,13,15H,1-6H2;4H,3H2,1-2H3;1-2H3. The van der Waals surface area contributed by atoms with Crippen molar-refractivity contribution >= 4 is 0 Å².